The van der Waals surface area contributed by atoms with E-state index in [9.17, 15) is 0 Å². The zero-order chi connectivity index (χ0) is 9.26. The van der Waals surface area contributed by atoms with E-state index in [-0.39, 0.29) is 0 Å². The van der Waals surface area contributed by atoms with Crippen molar-refractivity contribution in [3.8, 4) is 0 Å². The molecule has 1 aromatic carbocycles. The maximum atomic E-state index is 5.51. The van der Waals surface area contributed by atoms with Gasteiger partial charge in [-0.2, -0.15) is 0 Å². The highest BCUT2D eigenvalue weighted by atomic mass is 79.9. The number of aromatic nitrogens is 2. The third kappa shape index (κ3) is 1.47. The molecule has 0 atom stereocenters. The molecule has 68 valence electrons. The Labute approximate surface area is 84.7 Å². The zero-order valence-corrected chi connectivity index (χ0v) is 8.66. The molecule has 1 heterocycles. The summed E-state index contributed by atoms with van der Waals surface area (Å²) in [6.45, 7) is 1.42. The largest absolute Gasteiger partial charge is 0.329 e. The molecular weight excluding hydrogens is 230 g/mol. The molecule has 0 spiro atoms. The summed E-state index contributed by atoms with van der Waals surface area (Å²) in [5.74, 6) is 0. The summed E-state index contributed by atoms with van der Waals surface area (Å²) < 4.78 is 2.91. The second-order valence-corrected chi connectivity index (χ2v) is 3.52. The molecule has 13 heavy (non-hydrogen) atoms. The van der Waals surface area contributed by atoms with Crippen LogP contribution >= 0.6 is 15.9 Å². The Morgan fingerprint density at radius 2 is 2.15 bits per heavy atom. The van der Waals surface area contributed by atoms with Crippen LogP contribution in [0.4, 0.5) is 0 Å². The van der Waals surface area contributed by atoms with Gasteiger partial charge in [-0.15, -0.1) is 0 Å². The minimum atomic E-state index is 0.624. The lowest BCUT2D eigenvalue weighted by molar-refractivity contribution is 0.712. The fourth-order valence-electron chi connectivity index (χ4n) is 1.39. The van der Waals surface area contributed by atoms with E-state index in [4.69, 9.17) is 5.73 Å². The first-order valence-electron chi connectivity index (χ1n) is 4.14. The van der Waals surface area contributed by atoms with E-state index in [0.717, 1.165) is 22.3 Å². The van der Waals surface area contributed by atoms with Crippen molar-refractivity contribution in [2.75, 3.05) is 6.54 Å². The summed E-state index contributed by atoms with van der Waals surface area (Å²) in [4.78, 5) is 4.36. The standard InChI is InChI=1S/C9H10BrN3/c10-9-12-7-3-1-2-4-8(7)13(9)6-5-11/h1-4H,5-6,11H2. The SMILES string of the molecule is NCCn1c(Br)nc2ccccc21. The molecule has 2 rings (SSSR count). The fourth-order valence-corrected chi connectivity index (χ4v) is 1.95. The van der Waals surface area contributed by atoms with Gasteiger partial charge in [0.15, 0.2) is 4.73 Å². The average molecular weight is 240 g/mol. The van der Waals surface area contributed by atoms with Gasteiger partial charge in [0, 0.05) is 13.1 Å². The van der Waals surface area contributed by atoms with Gasteiger partial charge in [0.1, 0.15) is 0 Å². The second-order valence-electron chi connectivity index (χ2n) is 2.81. The smallest absolute Gasteiger partial charge is 0.178 e. The minimum absolute atomic E-state index is 0.624. The molecule has 4 heteroatoms. The number of hydrogen-bond donors (Lipinski definition) is 1. The summed E-state index contributed by atoms with van der Waals surface area (Å²) in [7, 11) is 0. The van der Waals surface area contributed by atoms with Crippen LogP contribution in [0.2, 0.25) is 0 Å². The number of rotatable bonds is 2. The van der Waals surface area contributed by atoms with Gasteiger partial charge in [0.2, 0.25) is 0 Å². The van der Waals surface area contributed by atoms with Crippen molar-refractivity contribution < 1.29 is 0 Å². The topological polar surface area (TPSA) is 43.8 Å². The summed E-state index contributed by atoms with van der Waals surface area (Å²) in [6, 6.07) is 8.02. The Kier molecular flexibility index (Phi) is 2.33. The van der Waals surface area contributed by atoms with Crippen LogP contribution in [-0.2, 0) is 6.54 Å². The summed E-state index contributed by atoms with van der Waals surface area (Å²) in [5.41, 5.74) is 7.64. The predicted molar refractivity (Wildman–Crippen MR) is 56.5 cm³/mol. The maximum Gasteiger partial charge on any atom is 0.178 e. The Hall–Kier alpha value is -0.870. The fraction of sp³-hybridized carbons (Fsp3) is 0.222. The van der Waals surface area contributed by atoms with Crippen LogP contribution < -0.4 is 5.73 Å². The molecule has 0 radical (unpaired) electrons. The van der Waals surface area contributed by atoms with Gasteiger partial charge in [0.05, 0.1) is 11.0 Å². The zero-order valence-electron chi connectivity index (χ0n) is 7.07. The number of nitrogens with zero attached hydrogens (tertiary/aromatic N) is 2. The third-order valence-corrected chi connectivity index (χ3v) is 2.57. The van der Waals surface area contributed by atoms with Gasteiger partial charge in [0.25, 0.3) is 0 Å². The highest BCUT2D eigenvalue weighted by Gasteiger charge is 2.05. The molecule has 0 saturated carbocycles. The summed E-state index contributed by atoms with van der Waals surface area (Å²) in [5, 5.41) is 0. The number of fused-ring (bicyclic) bond motifs is 1. The van der Waals surface area contributed by atoms with Gasteiger partial charge in [-0.1, -0.05) is 12.1 Å². The molecule has 0 aliphatic rings. The van der Waals surface area contributed by atoms with Gasteiger partial charge in [-0.25, -0.2) is 4.98 Å². The Bertz CT molecular complexity index is 422. The molecule has 0 bridgehead atoms. The number of nitrogens with two attached hydrogens (primary N) is 1. The van der Waals surface area contributed by atoms with Crippen LogP contribution in [0.1, 0.15) is 0 Å². The van der Waals surface area contributed by atoms with Gasteiger partial charge in [-0.05, 0) is 28.1 Å². The van der Waals surface area contributed by atoms with Gasteiger partial charge in [-0.3, -0.25) is 0 Å². The maximum absolute atomic E-state index is 5.51. The molecule has 0 saturated heterocycles. The van der Waals surface area contributed by atoms with Crippen molar-refractivity contribution >= 4 is 27.0 Å². The van der Waals surface area contributed by atoms with Crippen LogP contribution in [0.15, 0.2) is 29.0 Å². The quantitative estimate of drug-likeness (QED) is 0.869. The minimum Gasteiger partial charge on any atom is -0.329 e. The lowest BCUT2D eigenvalue weighted by atomic mass is 10.3. The Balaban J connectivity index is 2.64. The number of imidazole rings is 1. The first-order valence-corrected chi connectivity index (χ1v) is 4.93. The molecule has 0 aliphatic carbocycles. The number of hydrogen-bond acceptors (Lipinski definition) is 2. The van der Waals surface area contributed by atoms with Crippen LogP contribution in [-0.4, -0.2) is 16.1 Å². The van der Waals surface area contributed by atoms with Crippen LogP contribution in [0.25, 0.3) is 11.0 Å². The van der Waals surface area contributed by atoms with Crippen LogP contribution in [0.5, 0.6) is 0 Å². The highest BCUT2D eigenvalue weighted by Crippen LogP contribution is 2.19. The summed E-state index contributed by atoms with van der Waals surface area (Å²) >= 11 is 3.41. The first kappa shape index (κ1) is 8.72. The molecule has 0 aliphatic heterocycles. The molecule has 0 unspecified atom stereocenters. The van der Waals surface area contributed by atoms with Crippen molar-refractivity contribution in [1.82, 2.24) is 9.55 Å². The molecular formula is C9H10BrN3. The number of halogens is 1. The van der Waals surface area contributed by atoms with Crippen molar-refractivity contribution in [1.29, 1.82) is 0 Å². The Morgan fingerprint density at radius 3 is 2.92 bits per heavy atom. The molecule has 0 amide bonds. The van der Waals surface area contributed by atoms with Crippen molar-refractivity contribution in [2.24, 2.45) is 5.73 Å². The second kappa shape index (κ2) is 3.47. The predicted octanol–water partition coefficient (Wildman–Crippen LogP) is 1.76. The number of para-hydroxylation sites is 2. The number of benzene rings is 1. The molecule has 3 nitrogen and oxygen atoms in total. The first-order chi connectivity index (χ1) is 6.33. The van der Waals surface area contributed by atoms with Crippen LogP contribution in [0, 0.1) is 0 Å². The monoisotopic (exact) mass is 239 g/mol. The van der Waals surface area contributed by atoms with E-state index >= 15 is 0 Å². The van der Waals surface area contributed by atoms with Crippen molar-refractivity contribution in [2.45, 2.75) is 6.54 Å². The third-order valence-electron chi connectivity index (χ3n) is 1.96. The van der Waals surface area contributed by atoms with E-state index < -0.39 is 0 Å². The van der Waals surface area contributed by atoms with E-state index in [0.29, 0.717) is 6.54 Å². The van der Waals surface area contributed by atoms with Gasteiger partial charge >= 0.3 is 0 Å². The van der Waals surface area contributed by atoms with Crippen molar-refractivity contribution in [3.05, 3.63) is 29.0 Å². The van der Waals surface area contributed by atoms with E-state index in [1.54, 1.807) is 0 Å². The molecule has 2 N–H and O–H groups in total. The summed E-state index contributed by atoms with van der Waals surface area (Å²) in [6.07, 6.45) is 0. The Morgan fingerprint density at radius 1 is 1.38 bits per heavy atom. The van der Waals surface area contributed by atoms with E-state index in [2.05, 4.69) is 25.5 Å². The van der Waals surface area contributed by atoms with Crippen molar-refractivity contribution in [3.63, 3.8) is 0 Å². The van der Waals surface area contributed by atoms with E-state index in [1.807, 2.05) is 24.3 Å². The van der Waals surface area contributed by atoms with Crippen LogP contribution in [0.3, 0.4) is 0 Å². The molecule has 2 aromatic rings. The average Bonchev–Trinajstić information content (AvgIpc) is 2.44. The van der Waals surface area contributed by atoms with E-state index in [1.165, 1.54) is 0 Å². The molecule has 0 fully saturated rings. The molecule has 1 aromatic heterocycles. The van der Waals surface area contributed by atoms with Gasteiger partial charge < -0.3 is 10.3 Å². The highest BCUT2D eigenvalue weighted by molar-refractivity contribution is 9.10. The lowest BCUT2D eigenvalue weighted by Crippen LogP contribution is -2.09. The lowest BCUT2D eigenvalue weighted by Gasteiger charge is -2.01. The normalized spacial score (nSPS) is 10.9.